The highest BCUT2D eigenvalue weighted by Crippen LogP contribution is 2.26. The number of fused-ring (bicyclic) bond motifs is 2. The number of anilines is 2. The van der Waals surface area contributed by atoms with Crippen LogP contribution in [-0.2, 0) is 19.5 Å². The molecule has 0 saturated carbocycles. The standard InChI is InChI=1S/C23H18ClN5O4/c24-14-3-4-16-15(8-14)22(32)28-21(27-16)23(33)26-9-11-1-2-12-5-6-29(10-13(12)7-11)18-17(25)19(30)20(18)31/h1-4,7-8H,5-6,9-10,25H2,(H,26,33)(H,27,28,32). The van der Waals surface area contributed by atoms with Gasteiger partial charge in [0.2, 0.25) is 0 Å². The number of hydrogen-bond acceptors (Lipinski definition) is 7. The Balaban J connectivity index is 1.32. The van der Waals surface area contributed by atoms with Crippen LogP contribution in [0.3, 0.4) is 0 Å². The number of halogens is 1. The van der Waals surface area contributed by atoms with E-state index in [0.717, 1.165) is 16.7 Å². The van der Waals surface area contributed by atoms with Crippen molar-refractivity contribution in [1.82, 2.24) is 15.3 Å². The van der Waals surface area contributed by atoms with Gasteiger partial charge >= 0.3 is 0 Å². The molecule has 0 fully saturated rings. The van der Waals surface area contributed by atoms with Crippen molar-refractivity contribution in [3.63, 3.8) is 0 Å². The third kappa shape index (κ3) is 3.66. The molecule has 0 saturated heterocycles. The van der Waals surface area contributed by atoms with Crippen LogP contribution in [0.1, 0.15) is 27.3 Å². The molecule has 3 aromatic carbocycles. The van der Waals surface area contributed by atoms with Crippen molar-refractivity contribution in [3.05, 3.63) is 94.7 Å². The van der Waals surface area contributed by atoms with Crippen LogP contribution in [0.4, 0.5) is 11.4 Å². The van der Waals surface area contributed by atoms with Gasteiger partial charge in [0.15, 0.2) is 5.82 Å². The topological polar surface area (TPSA) is 138 Å². The average molecular weight is 464 g/mol. The molecule has 4 aromatic rings. The van der Waals surface area contributed by atoms with E-state index in [4.69, 9.17) is 17.3 Å². The summed E-state index contributed by atoms with van der Waals surface area (Å²) < 4.78 is 0. The smallest absolute Gasteiger partial charge is 0.287 e. The number of nitrogens with two attached hydrogens (primary N) is 1. The van der Waals surface area contributed by atoms with Crippen molar-refractivity contribution < 1.29 is 4.79 Å². The number of nitrogens with one attached hydrogen (secondary N) is 2. The van der Waals surface area contributed by atoms with Crippen LogP contribution in [0.25, 0.3) is 10.9 Å². The van der Waals surface area contributed by atoms with Crippen LogP contribution >= 0.6 is 11.6 Å². The minimum atomic E-state index is -0.629. The highest BCUT2D eigenvalue weighted by Gasteiger charge is 2.26. The number of H-pyrrole nitrogens is 1. The lowest BCUT2D eigenvalue weighted by molar-refractivity contribution is 0.0940. The Hall–Kier alpha value is -3.98. The zero-order chi connectivity index (χ0) is 23.3. The molecular weight excluding hydrogens is 446 g/mol. The molecule has 1 aliphatic heterocycles. The maximum atomic E-state index is 12.6. The van der Waals surface area contributed by atoms with Gasteiger partial charge in [-0.05, 0) is 41.3 Å². The maximum Gasteiger partial charge on any atom is 0.287 e. The van der Waals surface area contributed by atoms with Crippen LogP contribution < -0.4 is 32.4 Å². The second kappa shape index (κ2) is 7.86. The van der Waals surface area contributed by atoms with Gasteiger partial charge in [-0.25, -0.2) is 4.98 Å². The van der Waals surface area contributed by atoms with Gasteiger partial charge in [0.05, 0.1) is 10.9 Å². The van der Waals surface area contributed by atoms with E-state index >= 15 is 0 Å². The van der Waals surface area contributed by atoms with Crippen molar-refractivity contribution >= 4 is 39.8 Å². The Bertz CT molecular complexity index is 1570. The molecule has 33 heavy (non-hydrogen) atoms. The number of nitrogen functional groups attached to an aromatic ring is 1. The quantitative estimate of drug-likeness (QED) is 0.387. The Kier molecular flexibility index (Phi) is 4.98. The summed E-state index contributed by atoms with van der Waals surface area (Å²) in [6, 6.07) is 10.5. The number of rotatable bonds is 4. The fourth-order valence-corrected chi connectivity index (χ4v) is 4.28. The van der Waals surface area contributed by atoms with E-state index in [2.05, 4.69) is 15.3 Å². The van der Waals surface area contributed by atoms with E-state index in [1.165, 1.54) is 6.07 Å². The minimum absolute atomic E-state index is 0.0195. The van der Waals surface area contributed by atoms with Gasteiger partial charge in [-0.15, -0.1) is 0 Å². The molecule has 0 spiro atoms. The first-order valence-corrected chi connectivity index (χ1v) is 10.6. The molecule has 0 bridgehead atoms. The lowest BCUT2D eigenvalue weighted by Crippen LogP contribution is -2.44. The Morgan fingerprint density at radius 2 is 1.94 bits per heavy atom. The molecule has 1 aromatic heterocycles. The third-order valence-corrected chi connectivity index (χ3v) is 6.09. The summed E-state index contributed by atoms with van der Waals surface area (Å²) in [6.07, 6.45) is 0.715. The van der Waals surface area contributed by atoms with Gasteiger partial charge in [0.1, 0.15) is 11.4 Å². The first-order valence-electron chi connectivity index (χ1n) is 10.2. The average Bonchev–Trinajstić information content (AvgIpc) is 2.82. The normalized spacial score (nSPS) is 13.3. The molecule has 1 aliphatic rings. The summed E-state index contributed by atoms with van der Waals surface area (Å²) in [4.78, 5) is 56.7. The second-order valence-electron chi connectivity index (χ2n) is 7.95. The molecule has 0 aliphatic carbocycles. The van der Waals surface area contributed by atoms with Crippen LogP contribution in [0.5, 0.6) is 0 Å². The first-order chi connectivity index (χ1) is 15.8. The molecular formula is C23H18ClN5O4. The van der Waals surface area contributed by atoms with Crippen LogP contribution in [-0.4, -0.2) is 22.4 Å². The molecule has 166 valence electrons. The number of aromatic amines is 1. The minimum Gasteiger partial charge on any atom is -0.394 e. The summed E-state index contributed by atoms with van der Waals surface area (Å²) >= 11 is 5.92. The molecule has 0 unspecified atom stereocenters. The number of carbonyl (C=O) groups excluding carboxylic acids is 1. The van der Waals surface area contributed by atoms with Gasteiger partial charge in [0, 0.05) is 24.7 Å². The fraction of sp³-hybridized carbons (Fsp3) is 0.174. The third-order valence-electron chi connectivity index (χ3n) is 5.86. The predicted octanol–water partition coefficient (Wildman–Crippen LogP) is 1.25. The highest BCUT2D eigenvalue weighted by atomic mass is 35.5. The number of nitrogens with zero attached hydrogens (tertiary/aromatic N) is 2. The van der Waals surface area contributed by atoms with E-state index in [1.807, 2.05) is 23.1 Å². The van der Waals surface area contributed by atoms with Gasteiger partial charge in [0.25, 0.3) is 22.3 Å². The van der Waals surface area contributed by atoms with Gasteiger partial charge in [-0.1, -0.05) is 29.8 Å². The van der Waals surface area contributed by atoms with Gasteiger partial charge < -0.3 is 20.9 Å². The molecule has 4 N–H and O–H groups in total. The first kappa shape index (κ1) is 20.9. The van der Waals surface area contributed by atoms with Crippen LogP contribution in [0, 0.1) is 0 Å². The lowest BCUT2D eigenvalue weighted by Gasteiger charge is -2.32. The number of aromatic nitrogens is 2. The SMILES string of the molecule is Nc1c(N2CCc3ccc(CNC(=O)c4nc5ccc(Cl)cc5c(=O)[nH]4)cc3C2)c(=O)c1=O. The molecule has 0 radical (unpaired) electrons. The zero-order valence-corrected chi connectivity index (χ0v) is 18.0. The summed E-state index contributed by atoms with van der Waals surface area (Å²) in [5.74, 6) is -0.602. The van der Waals surface area contributed by atoms with Crippen molar-refractivity contribution in [2.45, 2.75) is 19.5 Å². The van der Waals surface area contributed by atoms with Gasteiger partial charge in [-0.2, -0.15) is 0 Å². The fourth-order valence-electron chi connectivity index (χ4n) is 4.11. The summed E-state index contributed by atoms with van der Waals surface area (Å²) in [5, 5.41) is 3.48. The van der Waals surface area contributed by atoms with Crippen LogP contribution in [0.2, 0.25) is 5.02 Å². The summed E-state index contributed by atoms with van der Waals surface area (Å²) in [5.41, 5.74) is 7.75. The Labute approximate surface area is 191 Å². The predicted molar refractivity (Wildman–Crippen MR) is 126 cm³/mol. The number of amides is 1. The van der Waals surface area contributed by atoms with Gasteiger partial charge in [-0.3, -0.25) is 19.2 Å². The van der Waals surface area contributed by atoms with Crippen molar-refractivity contribution in [1.29, 1.82) is 0 Å². The Morgan fingerprint density at radius 1 is 1.12 bits per heavy atom. The zero-order valence-electron chi connectivity index (χ0n) is 17.3. The summed E-state index contributed by atoms with van der Waals surface area (Å²) in [7, 11) is 0. The maximum absolute atomic E-state index is 12.6. The van der Waals surface area contributed by atoms with E-state index in [9.17, 15) is 19.2 Å². The van der Waals surface area contributed by atoms with E-state index in [0.29, 0.717) is 35.4 Å². The number of benzene rings is 2. The lowest BCUT2D eigenvalue weighted by atomic mass is 9.96. The molecule has 0 atom stereocenters. The molecule has 2 heterocycles. The second-order valence-corrected chi connectivity index (χ2v) is 8.39. The largest absolute Gasteiger partial charge is 0.394 e. The molecule has 10 heteroatoms. The monoisotopic (exact) mass is 463 g/mol. The summed E-state index contributed by atoms with van der Waals surface area (Å²) in [6.45, 7) is 1.27. The molecule has 5 rings (SSSR count). The number of hydrogen-bond donors (Lipinski definition) is 3. The number of carbonyl (C=O) groups is 1. The van der Waals surface area contributed by atoms with Crippen molar-refractivity contribution in [3.8, 4) is 0 Å². The van der Waals surface area contributed by atoms with Crippen molar-refractivity contribution in [2.24, 2.45) is 0 Å². The molecule has 1 amide bonds. The van der Waals surface area contributed by atoms with Crippen LogP contribution in [0.15, 0.2) is 50.8 Å². The van der Waals surface area contributed by atoms with E-state index < -0.39 is 22.3 Å². The Morgan fingerprint density at radius 3 is 2.73 bits per heavy atom. The van der Waals surface area contributed by atoms with E-state index in [1.54, 1.807) is 12.1 Å². The van der Waals surface area contributed by atoms with Crippen molar-refractivity contribution in [2.75, 3.05) is 17.2 Å². The molecule has 9 nitrogen and oxygen atoms in total. The highest BCUT2D eigenvalue weighted by molar-refractivity contribution is 6.31. The van der Waals surface area contributed by atoms with E-state index in [-0.39, 0.29) is 23.7 Å².